The minimum Gasteiger partial charge on any atom is -0.506 e. The topological polar surface area (TPSA) is 66.6 Å². The van der Waals surface area contributed by atoms with Gasteiger partial charge in [-0.2, -0.15) is 0 Å². The molecule has 0 saturated heterocycles. The molecule has 0 spiro atoms. The van der Waals surface area contributed by atoms with Crippen molar-refractivity contribution in [2.45, 2.75) is 13.5 Å². The third-order valence-corrected chi connectivity index (χ3v) is 3.42. The van der Waals surface area contributed by atoms with Crippen LogP contribution in [-0.4, -0.2) is 16.0 Å². The second kappa shape index (κ2) is 6.36. The van der Waals surface area contributed by atoms with Crippen LogP contribution in [0.1, 0.15) is 22.0 Å². The maximum atomic E-state index is 12.8. The van der Waals surface area contributed by atoms with E-state index in [1.165, 1.54) is 4.90 Å². The molecular weight excluding hydrogens is 292 g/mol. The van der Waals surface area contributed by atoms with Crippen LogP contribution < -0.4 is 4.90 Å². The molecule has 1 amide bonds. The summed E-state index contributed by atoms with van der Waals surface area (Å²) < 4.78 is 5.43. The van der Waals surface area contributed by atoms with E-state index in [0.717, 1.165) is 0 Å². The third-order valence-electron chi connectivity index (χ3n) is 3.42. The number of para-hydroxylation sites is 2. The highest BCUT2D eigenvalue weighted by atomic mass is 16.3. The van der Waals surface area contributed by atoms with E-state index in [2.05, 4.69) is 4.98 Å². The molecular formula is C18H16N2O3. The van der Waals surface area contributed by atoms with Gasteiger partial charge in [0.25, 0.3) is 5.91 Å². The number of carbonyl (C=O) groups is 1. The molecule has 116 valence electrons. The fourth-order valence-electron chi connectivity index (χ4n) is 2.29. The molecule has 23 heavy (non-hydrogen) atoms. The van der Waals surface area contributed by atoms with E-state index in [-0.39, 0.29) is 24.0 Å². The van der Waals surface area contributed by atoms with Gasteiger partial charge in [-0.3, -0.25) is 14.7 Å². The number of carbonyl (C=O) groups excluding carboxylic acids is 1. The van der Waals surface area contributed by atoms with Gasteiger partial charge >= 0.3 is 0 Å². The molecule has 5 nitrogen and oxygen atoms in total. The van der Waals surface area contributed by atoms with Crippen molar-refractivity contribution in [2.75, 3.05) is 4.90 Å². The summed E-state index contributed by atoms with van der Waals surface area (Å²) in [5.74, 6) is 0.579. The predicted octanol–water partition coefficient (Wildman–Crippen LogP) is 3.54. The van der Waals surface area contributed by atoms with Gasteiger partial charge in [-0.1, -0.05) is 18.2 Å². The number of aromatic hydroxyl groups is 1. The number of phenols is 1. The van der Waals surface area contributed by atoms with Crippen LogP contribution in [0, 0.1) is 6.92 Å². The molecule has 1 aromatic carbocycles. The largest absolute Gasteiger partial charge is 0.506 e. The lowest BCUT2D eigenvalue weighted by Crippen LogP contribution is -2.30. The van der Waals surface area contributed by atoms with Crippen molar-refractivity contribution in [3.63, 3.8) is 0 Å². The van der Waals surface area contributed by atoms with Crippen molar-refractivity contribution in [2.24, 2.45) is 0 Å². The van der Waals surface area contributed by atoms with Gasteiger partial charge in [-0.25, -0.2) is 0 Å². The molecule has 0 fully saturated rings. The van der Waals surface area contributed by atoms with Gasteiger partial charge in [-0.05, 0) is 43.3 Å². The average Bonchev–Trinajstić information content (AvgIpc) is 3.00. The Morgan fingerprint density at radius 3 is 2.57 bits per heavy atom. The lowest BCUT2D eigenvalue weighted by molar-refractivity contribution is 0.0956. The van der Waals surface area contributed by atoms with Gasteiger partial charge in [0.2, 0.25) is 0 Å². The first-order valence-electron chi connectivity index (χ1n) is 7.21. The lowest BCUT2D eigenvalue weighted by Gasteiger charge is -2.22. The number of furan rings is 1. The lowest BCUT2D eigenvalue weighted by atomic mass is 10.2. The summed E-state index contributed by atoms with van der Waals surface area (Å²) in [6.07, 6.45) is 1.67. The third kappa shape index (κ3) is 3.23. The minimum absolute atomic E-state index is 0.0278. The van der Waals surface area contributed by atoms with Gasteiger partial charge in [0.05, 0.1) is 17.9 Å². The first kappa shape index (κ1) is 14.8. The number of amides is 1. The molecule has 0 atom stereocenters. The van der Waals surface area contributed by atoms with Crippen molar-refractivity contribution in [1.82, 2.24) is 4.98 Å². The molecule has 0 aliphatic rings. The average molecular weight is 308 g/mol. The van der Waals surface area contributed by atoms with Crippen LogP contribution >= 0.6 is 0 Å². The van der Waals surface area contributed by atoms with Crippen LogP contribution in [0.4, 0.5) is 5.69 Å². The number of aromatic nitrogens is 1. The van der Waals surface area contributed by atoms with Crippen molar-refractivity contribution in [3.8, 4) is 5.75 Å². The molecule has 3 rings (SSSR count). The predicted molar refractivity (Wildman–Crippen MR) is 86.3 cm³/mol. The molecule has 0 radical (unpaired) electrons. The number of rotatable bonds is 4. The van der Waals surface area contributed by atoms with E-state index in [1.807, 2.05) is 18.2 Å². The molecule has 0 unspecified atom stereocenters. The zero-order valence-corrected chi connectivity index (χ0v) is 12.6. The Labute approximate surface area is 133 Å². The number of pyridine rings is 1. The van der Waals surface area contributed by atoms with Crippen LogP contribution in [0.25, 0.3) is 0 Å². The fourth-order valence-corrected chi connectivity index (χ4v) is 2.29. The van der Waals surface area contributed by atoms with Crippen molar-refractivity contribution >= 4 is 11.6 Å². The maximum absolute atomic E-state index is 12.8. The number of phenolic OH excluding ortho intramolecular Hbond substituents is 1. The molecule has 3 aromatic rings. The summed E-state index contributed by atoms with van der Waals surface area (Å²) in [6, 6.07) is 15.6. The van der Waals surface area contributed by atoms with Crippen molar-refractivity contribution < 1.29 is 14.3 Å². The highest BCUT2D eigenvalue weighted by Gasteiger charge is 2.23. The van der Waals surface area contributed by atoms with E-state index in [1.54, 1.807) is 49.5 Å². The summed E-state index contributed by atoms with van der Waals surface area (Å²) >= 11 is 0. The Balaban J connectivity index is 1.99. The van der Waals surface area contributed by atoms with E-state index in [0.29, 0.717) is 17.1 Å². The standard InChI is InChI=1S/C18H16N2O3/c1-13-9-10-17(23-13)18(22)20(12-14-6-4-5-11-19-14)15-7-2-3-8-16(15)21/h2-11,21H,12H2,1H3. The Bertz CT molecular complexity index is 812. The molecule has 2 aromatic heterocycles. The number of aryl methyl sites for hydroxylation is 1. The molecule has 0 saturated carbocycles. The Morgan fingerprint density at radius 2 is 1.91 bits per heavy atom. The molecule has 0 aliphatic heterocycles. The zero-order valence-electron chi connectivity index (χ0n) is 12.6. The molecule has 2 heterocycles. The summed E-state index contributed by atoms with van der Waals surface area (Å²) in [7, 11) is 0. The van der Waals surface area contributed by atoms with E-state index in [9.17, 15) is 9.90 Å². The number of hydrogen-bond donors (Lipinski definition) is 1. The van der Waals surface area contributed by atoms with E-state index in [4.69, 9.17) is 4.42 Å². The first-order valence-corrected chi connectivity index (χ1v) is 7.21. The molecule has 0 bridgehead atoms. The van der Waals surface area contributed by atoms with Gasteiger partial charge < -0.3 is 9.52 Å². The quantitative estimate of drug-likeness (QED) is 0.800. The van der Waals surface area contributed by atoms with E-state index < -0.39 is 0 Å². The highest BCUT2D eigenvalue weighted by molar-refractivity contribution is 6.04. The minimum atomic E-state index is -0.328. The van der Waals surface area contributed by atoms with Crippen LogP contribution in [0.2, 0.25) is 0 Å². The van der Waals surface area contributed by atoms with Gasteiger partial charge in [0, 0.05) is 6.20 Å². The Kier molecular flexibility index (Phi) is 4.10. The van der Waals surface area contributed by atoms with Crippen LogP contribution in [0.15, 0.2) is 65.2 Å². The zero-order chi connectivity index (χ0) is 16.2. The second-order valence-corrected chi connectivity index (χ2v) is 5.11. The summed E-state index contributed by atoms with van der Waals surface area (Å²) in [5, 5.41) is 10.1. The highest BCUT2D eigenvalue weighted by Crippen LogP contribution is 2.29. The van der Waals surface area contributed by atoms with Gasteiger partial charge in [0.1, 0.15) is 11.5 Å². The Hall–Kier alpha value is -3.08. The smallest absolute Gasteiger partial charge is 0.294 e. The monoisotopic (exact) mass is 308 g/mol. The number of anilines is 1. The van der Waals surface area contributed by atoms with Crippen molar-refractivity contribution in [1.29, 1.82) is 0 Å². The summed E-state index contributed by atoms with van der Waals surface area (Å²) in [4.78, 5) is 18.5. The molecule has 0 aliphatic carbocycles. The van der Waals surface area contributed by atoms with Crippen LogP contribution in [0.5, 0.6) is 5.75 Å². The van der Waals surface area contributed by atoms with Gasteiger partial charge in [0.15, 0.2) is 5.76 Å². The molecule has 1 N–H and O–H groups in total. The number of hydrogen-bond acceptors (Lipinski definition) is 4. The normalized spacial score (nSPS) is 10.5. The number of nitrogens with zero attached hydrogens (tertiary/aromatic N) is 2. The summed E-state index contributed by atoms with van der Waals surface area (Å²) in [6.45, 7) is 2.01. The SMILES string of the molecule is Cc1ccc(C(=O)N(Cc2ccccn2)c2ccccc2O)o1. The Morgan fingerprint density at radius 1 is 1.13 bits per heavy atom. The van der Waals surface area contributed by atoms with Crippen LogP contribution in [-0.2, 0) is 6.54 Å². The first-order chi connectivity index (χ1) is 11.1. The number of benzene rings is 1. The second-order valence-electron chi connectivity index (χ2n) is 5.11. The van der Waals surface area contributed by atoms with Crippen LogP contribution in [0.3, 0.4) is 0 Å². The molecule has 5 heteroatoms. The summed E-state index contributed by atoms with van der Waals surface area (Å²) in [5.41, 5.74) is 1.13. The van der Waals surface area contributed by atoms with Gasteiger partial charge in [-0.15, -0.1) is 0 Å². The fraction of sp³-hybridized carbons (Fsp3) is 0.111. The maximum Gasteiger partial charge on any atom is 0.294 e. The van der Waals surface area contributed by atoms with Crippen molar-refractivity contribution in [3.05, 3.63) is 78.0 Å². The van der Waals surface area contributed by atoms with E-state index >= 15 is 0 Å².